The molecule has 3 heterocycles. The number of aliphatic hydroxyl groups excluding tert-OH is 1. The minimum Gasteiger partial charge on any atom is -0.480 e. The van der Waals surface area contributed by atoms with Crippen LogP contribution in [-0.4, -0.2) is 140 Å². The lowest BCUT2D eigenvalue weighted by molar-refractivity contribution is -0.384. The Balaban J connectivity index is 0.000000288. The number of alkyl carbamates (subject to hydrolysis) is 1. The van der Waals surface area contributed by atoms with Gasteiger partial charge in [-0.2, -0.15) is 0 Å². The average Bonchev–Trinajstić information content (AvgIpc) is 4.08. The van der Waals surface area contributed by atoms with Crippen LogP contribution < -0.4 is 22.1 Å². The predicted molar refractivity (Wildman–Crippen MR) is 235 cm³/mol. The van der Waals surface area contributed by atoms with Crippen LogP contribution in [0.15, 0.2) is 54.6 Å². The van der Waals surface area contributed by atoms with E-state index in [2.05, 4.69) is 10.6 Å². The number of carbonyl (C=O) groups excluding carboxylic acids is 5. The lowest BCUT2D eigenvalue weighted by atomic mass is 9.99. The van der Waals surface area contributed by atoms with Gasteiger partial charge in [0.1, 0.15) is 30.8 Å². The molecule has 3 fully saturated rings. The van der Waals surface area contributed by atoms with E-state index in [1.807, 2.05) is 44.2 Å². The molecular weight excluding hydrogens is 837 g/mol. The van der Waals surface area contributed by atoms with Gasteiger partial charge in [0.05, 0.1) is 16.8 Å². The number of non-ortho nitro benzene ring substituents is 1. The van der Waals surface area contributed by atoms with E-state index in [0.29, 0.717) is 82.4 Å². The maximum Gasteiger partial charge on any atom is 0.407 e. The highest BCUT2D eigenvalue weighted by Crippen LogP contribution is 2.26. The number of unbranched alkanes of at least 4 members (excludes halogenated alkanes) is 1. The largest absolute Gasteiger partial charge is 0.480 e. The number of carboxylic acids is 1. The van der Waals surface area contributed by atoms with Gasteiger partial charge in [0.15, 0.2) is 0 Å². The smallest absolute Gasteiger partial charge is 0.407 e. The van der Waals surface area contributed by atoms with Crippen molar-refractivity contribution in [3.8, 4) is 0 Å². The van der Waals surface area contributed by atoms with Crippen molar-refractivity contribution in [3.05, 3.63) is 75.8 Å². The Morgan fingerprint density at radius 1 is 0.905 bits per heavy atom. The van der Waals surface area contributed by atoms with Gasteiger partial charge >= 0.3 is 12.1 Å². The SMILES string of the molecule is CC(C)C[C@H](NC(=O)[C@@H](O)[C@H](N)Cc1ccccc1)C(=O)N1CCC[C@H]1C(=O)N1CCC[C@H]1C(=O)O.N[C@@H](CCCCNC(=O)OCc1ccc([N+](=O)[O-])cc1)C(=O)N1CCSC1. The number of nitro groups is 1. The summed E-state index contributed by atoms with van der Waals surface area (Å²) >= 11 is 1.73. The molecule has 0 bridgehead atoms. The van der Waals surface area contributed by atoms with Crippen molar-refractivity contribution in [2.45, 2.75) is 115 Å². The minimum atomic E-state index is -1.51. The number of nitrogens with one attached hydrogen (secondary N) is 2. The van der Waals surface area contributed by atoms with Crippen LogP contribution in [0, 0.1) is 16.0 Å². The van der Waals surface area contributed by atoms with Gasteiger partial charge in [-0.05, 0) is 87.0 Å². The van der Waals surface area contributed by atoms with Crippen molar-refractivity contribution in [3.63, 3.8) is 0 Å². The van der Waals surface area contributed by atoms with Crippen LogP contribution >= 0.6 is 11.8 Å². The molecule has 2 aromatic carbocycles. The summed E-state index contributed by atoms with van der Waals surface area (Å²) in [6.07, 6.45) is 2.63. The first-order valence-corrected chi connectivity index (χ1v) is 22.6. The van der Waals surface area contributed by atoms with Gasteiger partial charge in [0.2, 0.25) is 17.7 Å². The van der Waals surface area contributed by atoms with Crippen molar-refractivity contribution < 1.29 is 48.6 Å². The molecule has 0 spiro atoms. The first-order valence-electron chi connectivity index (χ1n) is 21.4. The van der Waals surface area contributed by atoms with Crippen LogP contribution in [0.25, 0.3) is 0 Å². The molecular formula is C43H62N8O11S. The number of benzene rings is 2. The van der Waals surface area contributed by atoms with E-state index in [-0.39, 0.29) is 30.0 Å². The number of hydrogen-bond donors (Lipinski definition) is 6. The molecule has 20 heteroatoms. The molecule has 8 N–H and O–H groups in total. The third kappa shape index (κ3) is 15.5. The Morgan fingerprint density at radius 2 is 1.57 bits per heavy atom. The van der Waals surface area contributed by atoms with E-state index < -0.39 is 65.1 Å². The number of nitro benzene ring substituents is 1. The summed E-state index contributed by atoms with van der Waals surface area (Å²) in [6, 6.07) is 11.2. The maximum atomic E-state index is 13.6. The van der Waals surface area contributed by atoms with Crippen LogP contribution in [0.4, 0.5) is 10.5 Å². The van der Waals surface area contributed by atoms with E-state index in [1.54, 1.807) is 28.8 Å². The second-order valence-corrected chi connectivity index (χ2v) is 17.4. The van der Waals surface area contributed by atoms with E-state index in [9.17, 15) is 49.1 Å². The fourth-order valence-corrected chi connectivity index (χ4v) is 8.60. The summed E-state index contributed by atoms with van der Waals surface area (Å²) in [4.78, 5) is 89.6. The zero-order valence-electron chi connectivity index (χ0n) is 36.0. The highest BCUT2D eigenvalue weighted by Gasteiger charge is 2.44. The van der Waals surface area contributed by atoms with Crippen molar-refractivity contribution in [2.75, 3.05) is 37.8 Å². The summed E-state index contributed by atoms with van der Waals surface area (Å²) < 4.78 is 5.05. The molecule has 3 saturated heterocycles. The van der Waals surface area contributed by atoms with Crippen LogP contribution in [-0.2, 0) is 41.7 Å². The van der Waals surface area contributed by atoms with Crippen molar-refractivity contribution >= 4 is 53.1 Å². The third-order valence-corrected chi connectivity index (χ3v) is 12.0. The van der Waals surface area contributed by atoms with Gasteiger partial charge in [0, 0.05) is 50.1 Å². The second-order valence-electron chi connectivity index (χ2n) is 16.4. The number of aliphatic hydroxyl groups is 1. The number of rotatable bonds is 19. The lowest BCUT2D eigenvalue weighted by Gasteiger charge is -2.33. The number of likely N-dealkylation sites (tertiary alicyclic amines) is 2. The highest BCUT2D eigenvalue weighted by atomic mass is 32.2. The highest BCUT2D eigenvalue weighted by molar-refractivity contribution is 7.99. The van der Waals surface area contributed by atoms with Gasteiger partial charge in [-0.15, -0.1) is 11.8 Å². The number of hydrogen-bond acceptors (Lipinski definition) is 13. The maximum absolute atomic E-state index is 13.6. The van der Waals surface area contributed by atoms with Crippen LogP contribution in [0.3, 0.4) is 0 Å². The zero-order valence-corrected chi connectivity index (χ0v) is 36.8. The third-order valence-electron chi connectivity index (χ3n) is 11.1. The molecule has 0 saturated carbocycles. The summed E-state index contributed by atoms with van der Waals surface area (Å²) in [6.45, 7) is 5.76. The molecule has 346 valence electrons. The van der Waals surface area contributed by atoms with E-state index in [1.165, 1.54) is 21.9 Å². The standard InChI is InChI=1S/C26H38N4O6.C17H24N4O5S/c1-16(2)14-19(28-23(32)22(31)18(27)15-17-8-4-3-5-9-17)24(33)29-12-6-10-20(29)25(34)30-13-7-11-21(30)26(35)36;18-15(16(22)20-9-10-27-12-20)3-1-2-8-19-17(23)26-11-13-4-6-14(7-5-13)21(24)25/h3-5,8-9,16,18-22,31H,6-7,10-15,27H2,1-2H3,(H,28,32)(H,35,36);4-7,15H,1-3,8-12,18H2,(H,19,23)/t18-,19+,20+,21+,22+;15-/m10/s1. The second kappa shape index (κ2) is 25.1. The number of nitrogens with two attached hydrogens (primary N) is 2. The van der Waals surface area contributed by atoms with Gasteiger partial charge < -0.3 is 51.8 Å². The molecule has 6 atom stereocenters. The fourth-order valence-electron chi connectivity index (χ4n) is 7.65. The number of aliphatic carboxylic acids is 1. The zero-order chi connectivity index (χ0) is 46.1. The molecule has 19 nitrogen and oxygen atoms in total. The average molecular weight is 899 g/mol. The minimum absolute atomic E-state index is 0.00420. The molecule has 0 aromatic heterocycles. The topological polar surface area (TPSA) is 281 Å². The quantitative estimate of drug-likeness (QED) is 0.0671. The summed E-state index contributed by atoms with van der Waals surface area (Å²) in [5.74, 6) is -0.795. The number of carbonyl (C=O) groups is 6. The van der Waals surface area contributed by atoms with Crippen molar-refractivity contribution in [1.29, 1.82) is 0 Å². The fraction of sp³-hybridized carbons (Fsp3) is 0.581. The molecule has 3 aliphatic rings. The molecule has 0 unspecified atom stereocenters. The van der Waals surface area contributed by atoms with Crippen molar-refractivity contribution in [1.82, 2.24) is 25.3 Å². The lowest BCUT2D eigenvalue weighted by Crippen LogP contribution is -2.57. The summed E-state index contributed by atoms with van der Waals surface area (Å²) in [5.41, 5.74) is 13.6. The van der Waals surface area contributed by atoms with Crippen molar-refractivity contribution in [2.24, 2.45) is 17.4 Å². The first-order chi connectivity index (χ1) is 30.1. The molecule has 5 rings (SSSR count). The molecule has 2 aromatic rings. The van der Waals surface area contributed by atoms with E-state index in [0.717, 1.165) is 24.3 Å². The Bertz CT molecular complexity index is 1850. The molecule has 3 aliphatic heterocycles. The van der Waals surface area contributed by atoms with Crippen LogP contribution in [0.5, 0.6) is 0 Å². The van der Waals surface area contributed by atoms with Crippen LogP contribution in [0.1, 0.15) is 76.3 Å². The summed E-state index contributed by atoms with van der Waals surface area (Å²) in [7, 11) is 0. The summed E-state index contributed by atoms with van der Waals surface area (Å²) in [5, 5.41) is 35.9. The van der Waals surface area contributed by atoms with Gasteiger partial charge in [0.25, 0.3) is 11.6 Å². The molecule has 0 radical (unpaired) electrons. The predicted octanol–water partition coefficient (Wildman–Crippen LogP) is 2.37. The van der Waals surface area contributed by atoms with Crippen LogP contribution in [0.2, 0.25) is 0 Å². The molecule has 63 heavy (non-hydrogen) atoms. The van der Waals surface area contributed by atoms with E-state index >= 15 is 0 Å². The van der Waals surface area contributed by atoms with Gasteiger partial charge in [-0.1, -0.05) is 44.2 Å². The number of ether oxygens (including phenoxy) is 1. The van der Waals surface area contributed by atoms with Gasteiger partial charge in [-0.3, -0.25) is 29.3 Å². The van der Waals surface area contributed by atoms with Gasteiger partial charge in [-0.25, -0.2) is 9.59 Å². The Morgan fingerprint density at radius 3 is 2.19 bits per heavy atom. The Kier molecular flexibility index (Phi) is 20.1. The Hall–Kier alpha value is -5.31. The number of thioether (sulfide) groups is 1. The molecule has 5 amide bonds. The number of carboxylic acid groups (broad SMARTS) is 1. The monoisotopic (exact) mass is 898 g/mol. The van der Waals surface area contributed by atoms with E-state index in [4.69, 9.17) is 16.2 Å². The number of amides is 5. The molecule has 0 aliphatic carbocycles. The first kappa shape index (κ1) is 50.3. The normalized spacial score (nSPS) is 19.0. The number of nitrogens with zero attached hydrogens (tertiary/aromatic N) is 4. The Labute approximate surface area is 371 Å².